The van der Waals surface area contributed by atoms with Crippen LogP contribution in [0.2, 0.25) is 0 Å². The number of amides is 1. The molecule has 0 atom stereocenters. The first kappa shape index (κ1) is 18.0. The molecule has 3 N–H and O–H groups in total. The summed E-state index contributed by atoms with van der Waals surface area (Å²) in [6.07, 6.45) is 3.38. The number of nitrogens with one attached hydrogen (secondary N) is 1. The predicted octanol–water partition coefficient (Wildman–Crippen LogP) is 1.77. The Bertz CT molecular complexity index is 537. The molecule has 0 spiro atoms. The largest absolute Gasteiger partial charge is 0.497 e. The van der Waals surface area contributed by atoms with Crippen molar-refractivity contribution in [3.63, 3.8) is 0 Å². The monoisotopic (exact) mass is 340 g/mol. The van der Waals surface area contributed by atoms with Crippen molar-refractivity contribution in [1.82, 2.24) is 5.32 Å². The molecule has 128 valence electrons. The van der Waals surface area contributed by atoms with E-state index in [1.165, 1.54) is 5.56 Å². The lowest BCUT2D eigenvalue weighted by Crippen LogP contribution is -2.50. The molecule has 1 aromatic carbocycles. The Kier molecular flexibility index (Phi) is 5.55. The van der Waals surface area contributed by atoms with Crippen molar-refractivity contribution >= 4 is 18.3 Å². The highest BCUT2D eigenvalue weighted by Crippen LogP contribution is 2.36. The van der Waals surface area contributed by atoms with E-state index >= 15 is 0 Å². The lowest BCUT2D eigenvalue weighted by atomic mass is 9.74. The quantitative estimate of drug-likeness (QED) is 0.856. The molecule has 1 saturated heterocycles. The van der Waals surface area contributed by atoms with Crippen molar-refractivity contribution in [2.45, 2.75) is 36.6 Å². The number of benzene rings is 1. The number of carbonyl (C=O) groups is 1. The van der Waals surface area contributed by atoms with Crippen molar-refractivity contribution < 1.29 is 14.3 Å². The van der Waals surface area contributed by atoms with Crippen LogP contribution in [0.15, 0.2) is 24.3 Å². The van der Waals surface area contributed by atoms with Crippen LogP contribution in [0.1, 0.15) is 31.2 Å². The van der Waals surface area contributed by atoms with Gasteiger partial charge in [0.2, 0.25) is 5.91 Å². The summed E-state index contributed by atoms with van der Waals surface area (Å²) in [4.78, 5) is 12.2. The van der Waals surface area contributed by atoms with Gasteiger partial charge >= 0.3 is 0 Å². The number of rotatable bonds is 5. The van der Waals surface area contributed by atoms with Crippen LogP contribution in [-0.2, 0) is 14.9 Å². The number of nitrogens with two attached hydrogens (primary N) is 1. The molecule has 1 amide bonds. The molecule has 0 aromatic heterocycles. The van der Waals surface area contributed by atoms with Gasteiger partial charge in [-0.1, -0.05) is 12.1 Å². The summed E-state index contributed by atoms with van der Waals surface area (Å²) in [5.41, 5.74) is 6.50. The lowest BCUT2D eigenvalue weighted by Gasteiger charge is -2.38. The van der Waals surface area contributed by atoms with E-state index in [1.54, 1.807) is 7.11 Å². The zero-order valence-corrected chi connectivity index (χ0v) is 14.3. The molecule has 1 heterocycles. The summed E-state index contributed by atoms with van der Waals surface area (Å²) >= 11 is 0. The summed E-state index contributed by atoms with van der Waals surface area (Å²) in [6.45, 7) is 2.05. The van der Waals surface area contributed by atoms with E-state index in [-0.39, 0.29) is 23.7 Å². The summed E-state index contributed by atoms with van der Waals surface area (Å²) < 4.78 is 10.7. The van der Waals surface area contributed by atoms with Crippen LogP contribution in [-0.4, -0.2) is 38.3 Å². The number of halogens is 1. The Morgan fingerprint density at radius 2 is 1.83 bits per heavy atom. The van der Waals surface area contributed by atoms with Gasteiger partial charge in [-0.3, -0.25) is 4.79 Å². The second kappa shape index (κ2) is 7.07. The first-order valence-corrected chi connectivity index (χ1v) is 7.88. The predicted molar refractivity (Wildman–Crippen MR) is 91.1 cm³/mol. The fraction of sp³-hybridized carbons (Fsp3) is 0.588. The Morgan fingerprint density at radius 1 is 1.22 bits per heavy atom. The first-order chi connectivity index (χ1) is 10.6. The second-order valence-corrected chi connectivity index (χ2v) is 6.46. The topological polar surface area (TPSA) is 73.6 Å². The maximum atomic E-state index is 12.2. The zero-order chi connectivity index (χ0) is 15.6. The molecule has 2 aliphatic rings. The van der Waals surface area contributed by atoms with Crippen LogP contribution in [0, 0.1) is 0 Å². The highest BCUT2D eigenvalue weighted by atomic mass is 35.5. The van der Waals surface area contributed by atoms with E-state index < -0.39 is 5.54 Å². The molecule has 23 heavy (non-hydrogen) atoms. The summed E-state index contributed by atoms with van der Waals surface area (Å²) in [5, 5.41) is 3.07. The lowest BCUT2D eigenvalue weighted by molar-refractivity contribution is -0.123. The average molecular weight is 341 g/mol. The third-order valence-corrected chi connectivity index (χ3v) is 4.98. The van der Waals surface area contributed by atoms with Gasteiger partial charge in [-0.05, 0) is 43.4 Å². The Labute approximate surface area is 143 Å². The summed E-state index contributed by atoms with van der Waals surface area (Å²) in [7, 11) is 1.66. The molecular formula is C17H25ClN2O3. The minimum absolute atomic E-state index is 0. The Balaban J connectivity index is 0.00000192. The zero-order valence-electron chi connectivity index (χ0n) is 13.5. The minimum atomic E-state index is -0.619. The van der Waals surface area contributed by atoms with Gasteiger partial charge < -0.3 is 20.5 Å². The minimum Gasteiger partial charge on any atom is -0.497 e. The van der Waals surface area contributed by atoms with E-state index in [1.807, 2.05) is 12.1 Å². The molecule has 0 bridgehead atoms. The van der Waals surface area contributed by atoms with E-state index in [0.717, 1.165) is 44.6 Å². The van der Waals surface area contributed by atoms with Crippen LogP contribution in [0.3, 0.4) is 0 Å². The molecule has 1 aromatic rings. The van der Waals surface area contributed by atoms with Gasteiger partial charge in [0.1, 0.15) is 5.75 Å². The van der Waals surface area contributed by atoms with E-state index in [9.17, 15) is 4.79 Å². The maximum Gasteiger partial charge on any atom is 0.240 e. The molecule has 2 fully saturated rings. The fourth-order valence-corrected chi connectivity index (χ4v) is 3.06. The number of methoxy groups -OCH3 is 1. The normalized spacial score (nSPS) is 21.0. The Morgan fingerprint density at radius 3 is 2.35 bits per heavy atom. The van der Waals surface area contributed by atoms with Crippen LogP contribution in [0.5, 0.6) is 5.75 Å². The second-order valence-electron chi connectivity index (χ2n) is 6.46. The molecule has 1 aliphatic carbocycles. The van der Waals surface area contributed by atoms with Crippen molar-refractivity contribution in [1.29, 1.82) is 0 Å². The number of ether oxygens (including phenoxy) is 2. The molecule has 0 unspecified atom stereocenters. The SMILES string of the molecule is COc1ccc(C2(CNC(=O)C3(N)CC3)CCOCC2)cc1.Cl. The molecule has 0 radical (unpaired) electrons. The molecule has 3 rings (SSSR count). The van der Waals surface area contributed by atoms with Gasteiger partial charge in [0, 0.05) is 25.2 Å². The molecule has 1 saturated carbocycles. The standard InChI is InChI=1S/C17H24N2O3.ClH/c1-21-14-4-2-13(3-5-14)16(8-10-22-11-9-16)12-19-15(20)17(18)6-7-17;/h2-5H,6-12,18H2,1H3,(H,19,20);1H. The third-order valence-electron chi connectivity index (χ3n) is 4.98. The number of hydrogen-bond donors (Lipinski definition) is 2. The van der Waals surface area contributed by atoms with E-state index in [2.05, 4.69) is 17.4 Å². The van der Waals surface area contributed by atoms with Gasteiger partial charge in [0.25, 0.3) is 0 Å². The number of hydrogen-bond acceptors (Lipinski definition) is 4. The molecule has 1 aliphatic heterocycles. The van der Waals surface area contributed by atoms with Crippen LogP contribution < -0.4 is 15.8 Å². The van der Waals surface area contributed by atoms with Gasteiger partial charge in [-0.15, -0.1) is 12.4 Å². The smallest absolute Gasteiger partial charge is 0.240 e. The van der Waals surface area contributed by atoms with Gasteiger partial charge in [0.15, 0.2) is 0 Å². The van der Waals surface area contributed by atoms with Crippen molar-refractivity contribution in [3.05, 3.63) is 29.8 Å². The van der Waals surface area contributed by atoms with Crippen LogP contribution in [0.4, 0.5) is 0 Å². The van der Waals surface area contributed by atoms with Crippen molar-refractivity contribution in [2.75, 3.05) is 26.9 Å². The molecule has 6 heteroatoms. The summed E-state index contributed by atoms with van der Waals surface area (Å²) in [5.74, 6) is 0.820. The fourth-order valence-electron chi connectivity index (χ4n) is 3.06. The van der Waals surface area contributed by atoms with Gasteiger partial charge in [0.05, 0.1) is 12.6 Å². The Hall–Kier alpha value is -1.30. The highest BCUT2D eigenvalue weighted by Gasteiger charge is 2.46. The van der Waals surface area contributed by atoms with Crippen LogP contribution in [0.25, 0.3) is 0 Å². The van der Waals surface area contributed by atoms with Gasteiger partial charge in [-0.2, -0.15) is 0 Å². The van der Waals surface area contributed by atoms with E-state index in [0.29, 0.717) is 6.54 Å². The number of carbonyl (C=O) groups excluding carboxylic acids is 1. The maximum absolute atomic E-state index is 12.2. The molecular weight excluding hydrogens is 316 g/mol. The van der Waals surface area contributed by atoms with E-state index in [4.69, 9.17) is 15.2 Å². The van der Waals surface area contributed by atoms with Crippen molar-refractivity contribution in [3.8, 4) is 5.75 Å². The average Bonchev–Trinajstić information content (AvgIpc) is 3.32. The summed E-state index contributed by atoms with van der Waals surface area (Å²) in [6, 6.07) is 8.12. The van der Waals surface area contributed by atoms with Crippen molar-refractivity contribution in [2.24, 2.45) is 5.73 Å². The molecule has 5 nitrogen and oxygen atoms in total. The highest BCUT2D eigenvalue weighted by molar-refractivity contribution is 5.89. The van der Waals surface area contributed by atoms with Gasteiger partial charge in [-0.25, -0.2) is 0 Å². The third kappa shape index (κ3) is 3.79. The van der Waals surface area contributed by atoms with Crippen LogP contribution >= 0.6 is 12.4 Å². The first-order valence-electron chi connectivity index (χ1n) is 7.88.